The van der Waals surface area contributed by atoms with E-state index in [0.29, 0.717) is 16.9 Å². The summed E-state index contributed by atoms with van der Waals surface area (Å²) in [7, 11) is 0. The van der Waals surface area contributed by atoms with E-state index < -0.39 is 0 Å². The summed E-state index contributed by atoms with van der Waals surface area (Å²) in [4.78, 5) is 28.9. The molecule has 152 valence electrons. The zero-order chi connectivity index (χ0) is 20.8. The van der Waals surface area contributed by atoms with Gasteiger partial charge in [0, 0.05) is 17.1 Å². The molecule has 2 N–H and O–H groups in total. The van der Waals surface area contributed by atoms with Crippen LogP contribution in [0.1, 0.15) is 16.8 Å². The van der Waals surface area contributed by atoms with Crippen molar-refractivity contribution in [3.05, 3.63) is 84.4 Å². The number of anilines is 3. The van der Waals surface area contributed by atoms with E-state index >= 15 is 0 Å². The highest BCUT2D eigenvalue weighted by Crippen LogP contribution is 2.33. The Morgan fingerprint density at radius 2 is 1.60 bits per heavy atom. The molecule has 0 radical (unpaired) electrons. The third-order valence-corrected chi connectivity index (χ3v) is 6.00. The van der Waals surface area contributed by atoms with Crippen LogP contribution in [-0.2, 0) is 4.79 Å². The van der Waals surface area contributed by atoms with Gasteiger partial charge >= 0.3 is 0 Å². The summed E-state index contributed by atoms with van der Waals surface area (Å²) >= 11 is 1.83. The Balaban J connectivity index is 1.47. The van der Waals surface area contributed by atoms with E-state index in [-0.39, 0.29) is 18.4 Å². The van der Waals surface area contributed by atoms with Crippen molar-refractivity contribution in [1.29, 1.82) is 0 Å². The SMILES string of the molecule is O=C(CN1CCCSc2ccccc21)Nc1ccccc1C(=O)Nc1ccccc1. The fraction of sp³-hybridized carbons (Fsp3) is 0.167. The second-order valence-corrected chi connectivity index (χ2v) is 8.14. The predicted molar refractivity (Wildman–Crippen MR) is 123 cm³/mol. The van der Waals surface area contributed by atoms with Gasteiger partial charge in [-0.3, -0.25) is 9.59 Å². The van der Waals surface area contributed by atoms with E-state index in [4.69, 9.17) is 0 Å². The minimum Gasteiger partial charge on any atom is -0.361 e. The van der Waals surface area contributed by atoms with Crippen LogP contribution in [0.2, 0.25) is 0 Å². The van der Waals surface area contributed by atoms with Gasteiger partial charge in [0.05, 0.1) is 23.5 Å². The Morgan fingerprint density at radius 3 is 2.47 bits per heavy atom. The average molecular weight is 418 g/mol. The standard InChI is InChI=1S/C24H23N3O2S/c28-23(17-27-15-8-16-30-22-14-7-6-13-21(22)27)26-20-12-5-4-11-19(20)24(29)25-18-9-2-1-3-10-18/h1-7,9-14H,8,15-17H2,(H,25,29)(H,26,28). The first kappa shape index (κ1) is 20.0. The Morgan fingerprint density at radius 1 is 0.867 bits per heavy atom. The summed E-state index contributed by atoms with van der Waals surface area (Å²) in [5, 5.41) is 5.80. The maximum atomic E-state index is 12.8. The smallest absolute Gasteiger partial charge is 0.257 e. The van der Waals surface area contributed by atoms with E-state index in [9.17, 15) is 9.59 Å². The first-order chi connectivity index (χ1) is 14.7. The number of nitrogens with zero attached hydrogens (tertiary/aromatic N) is 1. The Labute approximate surface area is 180 Å². The number of fused-ring (bicyclic) bond motifs is 1. The molecule has 0 aromatic heterocycles. The van der Waals surface area contributed by atoms with Crippen LogP contribution in [0.25, 0.3) is 0 Å². The number of carbonyl (C=O) groups excluding carboxylic acids is 2. The lowest BCUT2D eigenvalue weighted by Gasteiger charge is -2.24. The predicted octanol–water partition coefficient (Wildman–Crippen LogP) is 4.88. The first-order valence-corrected chi connectivity index (χ1v) is 10.9. The number of para-hydroxylation sites is 3. The highest BCUT2D eigenvalue weighted by molar-refractivity contribution is 7.99. The summed E-state index contributed by atoms with van der Waals surface area (Å²) in [5.41, 5.74) is 2.74. The second kappa shape index (κ2) is 9.50. The maximum absolute atomic E-state index is 12.8. The second-order valence-electron chi connectivity index (χ2n) is 7.01. The number of benzene rings is 3. The van der Waals surface area contributed by atoms with Gasteiger partial charge in [-0.15, -0.1) is 11.8 Å². The zero-order valence-corrected chi connectivity index (χ0v) is 17.3. The van der Waals surface area contributed by atoms with Crippen molar-refractivity contribution in [2.75, 3.05) is 34.4 Å². The van der Waals surface area contributed by atoms with Crippen molar-refractivity contribution >= 4 is 40.6 Å². The van der Waals surface area contributed by atoms with Crippen molar-refractivity contribution in [1.82, 2.24) is 0 Å². The Bertz CT molecular complexity index is 1040. The number of hydrogen-bond donors (Lipinski definition) is 2. The van der Waals surface area contributed by atoms with Crippen LogP contribution >= 0.6 is 11.8 Å². The van der Waals surface area contributed by atoms with Crippen molar-refractivity contribution < 1.29 is 9.59 Å². The minimum absolute atomic E-state index is 0.142. The maximum Gasteiger partial charge on any atom is 0.257 e. The first-order valence-electron chi connectivity index (χ1n) is 9.93. The topological polar surface area (TPSA) is 61.4 Å². The number of thioether (sulfide) groups is 1. The zero-order valence-electron chi connectivity index (χ0n) is 16.5. The lowest BCUT2D eigenvalue weighted by atomic mass is 10.1. The Kier molecular flexibility index (Phi) is 6.35. The van der Waals surface area contributed by atoms with Crippen LogP contribution in [0.15, 0.2) is 83.8 Å². The van der Waals surface area contributed by atoms with Crippen molar-refractivity contribution in [2.24, 2.45) is 0 Å². The normalized spacial score (nSPS) is 13.1. The molecule has 0 spiro atoms. The number of hydrogen-bond acceptors (Lipinski definition) is 4. The molecular weight excluding hydrogens is 394 g/mol. The number of carbonyl (C=O) groups is 2. The van der Waals surface area contributed by atoms with Crippen LogP contribution in [0.3, 0.4) is 0 Å². The highest BCUT2D eigenvalue weighted by Gasteiger charge is 2.19. The third-order valence-electron chi connectivity index (χ3n) is 4.85. The van der Waals surface area contributed by atoms with Gasteiger partial charge in [0.2, 0.25) is 5.91 Å². The summed E-state index contributed by atoms with van der Waals surface area (Å²) < 4.78 is 0. The third kappa shape index (κ3) is 4.83. The van der Waals surface area contributed by atoms with Crippen molar-refractivity contribution in [3.63, 3.8) is 0 Å². The molecular formula is C24H23N3O2S. The largest absolute Gasteiger partial charge is 0.361 e. The van der Waals surface area contributed by atoms with Crippen LogP contribution < -0.4 is 15.5 Å². The summed E-state index contributed by atoms with van der Waals surface area (Å²) in [5.74, 6) is 0.641. The molecule has 1 aliphatic rings. The molecule has 1 aliphatic heterocycles. The summed E-state index contributed by atoms with van der Waals surface area (Å²) in [6.07, 6.45) is 1.02. The molecule has 0 bridgehead atoms. The van der Waals surface area contributed by atoms with Gasteiger partial charge in [-0.25, -0.2) is 0 Å². The van der Waals surface area contributed by atoms with Gasteiger partial charge in [0.15, 0.2) is 0 Å². The molecule has 30 heavy (non-hydrogen) atoms. The molecule has 3 aromatic carbocycles. The monoisotopic (exact) mass is 417 g/mol. The molecule has 5 nitrogen and oxygen atoms in total. The van der Waals surface area contributed by atoms with Crippen molar-refractivity contribution in [2.45, 2.75) is 11.3 Å². The van der Waals surface area contributed by atoms with E-state index in [0.717, 1.165) is 24.4 Å². The molecule has 4 rings (SSSR count). The van der Waals surface area contributed by atoms with Crippen LogP contribution in [0.4, 0.5) is 17.1 Å². The summed E-state index contributed by atoms with van der Waals surface area (Å²) in [6, 6.07) is 24.5. The molecule has 3 aromatic rings. The lowest BCUT2D eigenvalue weighted by Crippen LogP contribution is -2.34. The van der Waals surface area contributed by atoms with Crippen LogP contribution in [-0.4, -0.2) is 30.7 Å². The van der Waals surface area contributed by atoms with E-state index in [1.165, 1.54) is 4.90 Å². The lowest BCUT2D eigenvalue weighted by molar-refractivity contribution is -0.115. The fourth-order valence-corrected chi connectivity index (χ4v) is 4.45. The van der Waals surface area contributed by atoms with Crippen LogP contribution in [0.5, 0.6) is 0 Å². The van der Waals surface area contributed by atoms with E-state index in [1.54, 1.807) is 18.2 Å². The molecule has 6 heteroatoms. The number of amides is 2. The highest BCUT2D eigenvalue weighted by atomic mass is 32.2. The molecule has 0 atom stereocenters. The van der Waals surface area contributed by atoms with Gasteiger partial charge in [0.1, 0.15) is 0 Å². The average Bonchev–Trinajstić information content (AvgIpc) is 2.97. The van der Waals surface area contributed by atoms with E-state index in [2.05, 4.69) is 27.7 Å². The molecule has 0 saturated heterocycles. The number of nitrogens with one attached hydrogen (secondary N) is 2. The summed E-state index contributed by atoms with van der Waals surface area (Å²) in [6.45, 7) is 1.07. The van der Waals surface area contributed by atoms with Crippen LogP contribution in [0, 0.1) is 0 Å². The van der Waals surface area contributed by atoms with Crippen molar-refractivity contribution in [3.8, 4) is 0 Å². The van der Waals surface area contributed by atoms with Gasteiger partial charge in [-0.2, -0.15) is 0 Å². The van der Waals surface area contributed by atoms with Gasteiger partial charge in [0.25, 0.3) is 5.91 Å². The van der Waals surface area contributed by atoms with Gasteiger partial charge in [-0.05, 0) is 48.6 Å². The quantitative estimate of drug-likeness (QED) is 0.621. The number of rotatable bonds is 5. The molecule has 0 fully saturated rings. The molecule has 1 heterocycles. The Hall–Kier alpha value is -3.25. The fourth-order valence-electron chi connectivity index (χ4n) is 3.44. The molecule has 0 unspecified atom stereocenters. The van der Waals surface area contributed by atoms with Gasteiger partial charge < -0.3 is 15.5 Å². The van der Waals surface area contributed by atoms with Gasteiger partial charge in [-0.1, -0.05) is 42.5 Å². The molecule has 0 aliphatic carbocycles. The van der Waals surface area contributed by atoms with E-state index in [1.807, 2.05) is 60.3 Å². The molecule has 0 saturated carbocycles. The molecule has 2 amide bonds. The minimum atomic E-state index is -0.256.